The molecule has 2 aliphatic rings. The highest BCUT2D eigenvalue weighted by Crippen LogP contribution is 2.26. The molecule has 2 heterocycles. The zero-order valence-corrected chi connectivity index (χ0v) is 11.6. The van der Waals surface area contributed by atoms with Crippen LogP contribution < -0.4 is 5.32 Å². The van der Waals surface area contributed by atoms with Crippen molar-refractivity contribution in [2.24, 2.45) is 5.92 Å². The van der Waals surface area contributed by atoms with E-state index in [1.165, 1.54) is 36.1 Å². The summed E-state index contributed by atoms with van der Waals surface area (Å²) in [5, 5.41) is 3.42. The largest absolute Gasteiger partial charge is 0.309 e. The van der Waals surface area contributed by atoms with Gasteiger partial charge >= 0.3 is 0 Å². The number of hydrogen-bond donors (Lipinski definition) is 1. The molecule has 0 aromatic heterocycles. The van der Waals surface area contributed by atoms with Crippen LogP contribution in [0.2, 0.25) is 0 Å². The van der Waals surface area contributed by atoms with E-state index in [2.05, 4.69) is 42.3 Å². The van der Waals surface area contributed by atoms with Gasteiger partial charge in [-0.2, -0.15) is 0 Å². The third-order valence-electron chi connectivity index (χ3n) is 4.47. The van der Waals surface area contributed by atoms with Crippen molar-refractivity contribution in [3.05, 3.63) is 34.9 Å². The smallest absolute Gasteiger partial charge is 0.0236 e. The monoisotopic (exact) mass is 244 g/mol. The number of fused-ring (bicyclic) bond motifs is 1. The van der Waals surface area contributed by atoms with Gasteiger partial charge in [-0.05, 0) is 42.0 Å². The van der Waals surface area contributed by atoms with E-state index in [9.17, 15) is 0 Å². The minimum atomic E-state index is 0.781. The molecule has 1 fully saturated rings. The Morgan fingerprint density at radius 2 is 2.11 bits per heavy atom. The lowest BCUT2D eigenvalue weighted by molar-refractivity contribution is 0.199. The van der Waals surface area contributed by atoms with Gasteiger partial charge in [-0.3, -0.25) is 4.90 Å². The summed E-state index contributed by atoms with van der Waals surface area (Å²) in [7, 11) is 0. The van der Waals surface area contributed by atoms with Crippen LogP contribution in [0.15, 0.2) is 18.2 Å². The van der Waals surface area contributed by atoms with E-state index in [0.717, 1.165) is 31.6 Å². The zero-order valence-electron chi connectivity index (χ0n) is 11.6. The highest BCUT2D eigenvalue weighted by atomic mass is 15.2. The normalized spacial score (nSPS) is 23.8. The van der Waals surface area contributed by atoms with Crippen molar-refractivity contribution in [3.63, 3.8) is 0 Å². The standard InChI is InChI=1S/C16H24N2/c1-12(2)16-4-3-7-18(16)11-13-5-6-14-9-17-10-15(14)8-13/h5-6,8,12,16-17H,3-4,7,9-11H2,1-2H3. The van der Waals surface area contributed by atoms with Crippen molar-refractivity contribution >= 4 is 0 Å². The summed E-state index contributed by atoms with van der Waals surface area (Å²) >= 11 is 0. The molecule has 0 bridgehead atoms. The first-order chi connectivity index (χ1) is 8.74. The number of rotatable bonds is 3. The Kier molecular flexibility index (Phi) is 3.40. The molecule has 1 atom stereocenters. The average molecular weight is 244 g/mol. The summed E-state index contributed by atoms with van der Waals surface area (Å²) in [6, 6.07) is 7.83. The van der Waals surface area contributed by atoms with Crippen molar-refractivity contribution in [3.8, 4) is 0 Å². The summed E-state index contributed by atoms with van der Waals surface area (Å²) < 4.78 is 0. The molecule has 1 N–H and O–H groups in total. The SMILES string of the molecule is CC(C)C1CCCN1Cc1ccc2c(c1)CNC2. The van der Waals surface area contributed by atoms with Gasteiger partial charge in [0.1, 0.15) is 0 Å². The van der Waals surface area contributed by atoms with Crippen molar-refractivity contribution in [1.29, 1.82) is 0 Å². The molecular weight excluding hydrogens is 220 g/mol. The Bertz CT molecular complexity index is 425. The van der Waals surface area contributed by atoms with Gasteiger partial charge in [-0.15, -0.1) is 0 Å². The van der Waals surface area contributed by atoms with E-state index in [-0.39, 0.29) is 0 Å². The summed E-state index contributed by atoms with van der Waals surface area (Å²) in [5.74, 6) is 0.781. The van der Waals surface area contributed by atoms with Crippen LogP contribution in [0.3, 0.4) is 0 Å². The van der Waals surface area contributed by atoms with Crippen molar-refractivity contribution in [2.45, 2.75) is 52.4 Å². The first kappa shape index (κ1) is 12.2. The molecule has 1 aromatic carbocycles. The topological polar surface area (TPSA) is 15.3 Å². The van der Waals surface area contributed by atoms with Gasteiger partial charge in [0, 0.05) is 25.7 Å². The van der Waals surface area contributed by atoms with Gasteiger partial charge in [0.2, 0.25) is 0 Å². The van der Waals surface area contributed by atoms with Crippen molar-refractivity contribution in [1.82, 2.24) is 10.2 Å². The molecule has 3 rings (SSSR count). The fourth-order valence-corrected chi connectivity index (χ4v) is 3.48. The highest BCUT2D eigenvalue weighted by Gasteiger charge is 2.26. The van der Waals surface area contributed by atoms with E-state index >= 15 is 0 Å². The van der Waals surface area contributed by atoms with Crippen LogP contribution in [-0.4, -0.2) is 17.5 Å². The third-order valence-corrected chi connectivity index (χ3v) is 4.47. The Balaban J connectivity index is 1.72. The minimum Gasteiger partial charge on any atom is -0.309 e. The lowest BCUT2D eigenvalue weighted by Gasteiger charge is -2.27. The quantitative estimate of drug-likeness (QED) is 0.879. The Morgan fingerprint density at radius 1 is 1.28 bits per heavy atom. The van der Waals surface area contributed by atoms with Crippen molar-refractivity contribution < 1.29 is 0 Å². The predicted octanol–water partition coefficient (Wildman–Crippen LogP) is 2.91. The summed E-state index contributed by atoms with van der Waals surface area (Å²) in [6.45, 7) is 9.23. The minimum absolute atomic E-state index is 0.781. The van der Waals surface area contributed by atoms with Gasteiger partial charge in [-0.25, -0.2) is 0 Å². The fourth-order valence-electron chi connectivity index (χ4n) is 3.48. The van der Waals surface area contributed by atoms with Gasteiger partial charge < -0.3 is 5.32 Å². The van der Waals surface area contributed by atoms with Crippen molar-refractivity contribution in [2.75, 3.05) is 6.54 Å². The first-order valence-electron chi connectivity index (χ1n) is 7.29. The van der Waals surface area contributed by atoms with Crippen LogP contribution in [0, 0.1) is 5.92 Å². The molecule has 0 radical (unpaired) electrons. The third kappa shape index (κ3) is 2.32. The van der Waals surface area contributed by atoms with Crippen LogP contribution in [0.4, 0.5) is 0 Å². The second-order valence-electron chi connectivity index (χ2n) is 6.13. The number of benzene rings is 1. The average Bonchev–Trinajstić information content (AvgIpc) is 2.96. The molecule has 98 valence electrons. The number of likely N-dealkylation sites (tertiary alicyclic amines) is 1. The molecule has 2 heteroatoms. The molecule has 1 aromatic rings. The van der Waals surface area contributed by atoms with Crippen LogP contribution in [0.1, 0.15) is 43.4 Å². The molecular formula is C16H24N2. The second kappa shape index (κ2) is 5.02. The maximum atomic E-state index is 3.42. The van der Waals surface area contributed by atoms with E-state index in [4.69, 9.17) is 0 Å². The maximum Gasteiger partial charge on any atom is 0.0236 e. The van der Waals surface area contributed by atoms with Gasteiger partial charge in [0.05, 0.1) is 0 Å². The van der Waals surface area contributed by atoms with Gasteiger partial charge in [-0.1, -0.05) is 32.0 Å². The Labute approximate surface area is 110 Å². The van der Waals surface area contributed by atoms with Crippen LogP contribution >= 0.6 is 0 Å². The number of nitrogens with one attached hydrogen (secondary N) is 1. The van der Waals surface area contributed by atoms with E-state index in [1.54, 1.807) is 0 Å². The van der Waals surface area contributed by atoms with Gasteiger partial charge in [0.15, 0.2) is 0 Å². The highest BCUT2D eigenvalue weighted by molar-refractivity contribution is 5.34. The van der Waals surface area contributed by atoms with E-state index < -0.39 is 0 Å². The zero-order chi connectivity index (χ0) is 12.5. The Morgan fingerprint density at radius 3 is 2.94 bits per heavy atom. The molecule has 0 spiro atoms. The maximum absolute atomic E-state index is 3.42. The number of hydrogen-bond acceptors (Lipinski definition) is 2. The van der Waals surface area contributed by atoms with E-state index in [0.29, 0.717) is 0 Å². The van der Waals surface area contributed by atoms with Crippen LogP contribution in [-0.2, 0) is 19.6 Å². The predicted molar refractivity (Wildman–Crippen MR) is 75.3 cm³/mol. The van der Waals surface area contributed by atoms with E-state index in [1.807, 2.05) is 0 Å². The first-order valence-corrected chi connectivity index (χ1v) is 7.29. The Hall–Kier alpha value is -0.860. The molecule has 0 amide bonds. The fraction of sp³-hybridized carbons (Fsp3) is 0.625. The molecule has 1 unspecified atom stereocenters. The number of nitrogens with zero attached hydrogens (tertiary/aromatic N) is 1. The summed E-state index contributed by atoms with van der Waals surface area (Å²) in [4.78, 5) is 2.68. The summed E-state index contributed by atoms with van der Waals surface area (Å²) in [6.07, 6.45) is 2.75. The molecule has 0 saturated carbocycles. The van der Waals surface area contributed by atoms with Crippen LogP contribution in [0.25, 0.3) is 0 Å². The molecule has 2 nitrogen and oxygen atoms in total. The second-order valence-corrected chi connectivity index (χ2v) is 6.13. The molecule has 2 aliphatic heterocycles. The lowest BCUT2D eigenvalue weighted by Crippen LogP contribution is -2.32. The summed E-state index contributed by atoms with van der Waals surface area (Å²) in [5.41, 5.74) is 4.48. The van der Waals surface area contributed by atoms with Gasteiger partial charge in [0.25, 0.3) is 0 Å². The molecule has 1 saturated heterocycles. The lowest BCUT2D eigenvalue weighted by atomic mass is 10.0. The van der Waals surface area contributed by atoms with Crippen LogP contribution in [0.5, 0.6) is 0 Å². The molecule has 18 heavy (non-hydrogen) atoms. The molecule has 0 aliphatic carbocycles.